The van der Waals surface area contributed by atoms with Gasteiger partial charge in [-0.2, -0.15) is 17.5 Å². The molecule has 0 unspecified atom stereocenters. The van der Waals surface area contributed by atoms with E-state index >= 15 is 0 Å². The molecule has 0 saturated carbocycles. The molecule has 222 valence electrons. The van der Waals surface area contributed by atoms with E-state index in [1.54, 1.807) is 12.1 Å². The number of rotatable bonds is 11. The lowest BCUT2D eigenvalue weighted by atomic mass is 10.0. The number of carbonyl (C=O) groups is 2. The molecule has 1 aromatic carbocycles. The number of alkyl halides is 3. The number of aliphatic carboxylic acids is 1. The quantitative estimate of drug-likeness (QED) is 0.416. The highest BCUT2D eigenvalue weighted by Crippen LogP contribution is 2.20. The summed E-state index contributed by atoms with van der Waals surface area (Å²) in [6, 6.07) is 7.28. The molecule has 1 aromatic rings. The first-order valence-electron chi connectivity index (χ1n) is 13.4. The largest absolute Gasteiger partial charge is 0.490 e. The summed E-state index contributed by atoms with van der Waals surface area (Å²) in [6.07, 6.45) is -0.687. The molecule has 2 heterocycles. The van der Waals surface area contributed by atoms with Gasteiger partial charge in [0, 0.05) is 45.7 Å². The zero-order valence-electron chi connectivity index (χ0n) is 22.8. The fourth-order valence-corrected chi connectivity index (χ4v) is 6.02. The van der Waals surface area contributed by atoms with E-state index in [1.165, 1.54) is 17.1 Å². The summed E-state index contributed by atoms with van der Waals surface area (Å²) in [5, 5.41) is 10.4. The second kappa shape index (κ2) is 15.5. The Hall–Kier alpha value is -2.22. The summed E-state index contributed by atoms with van der Waals surface area (Å²) in [6.45, 7) is 11.1. The number of nitrogens with one attached hydrogen (secondary N) is 1. The molecular weight excluding hydrogens is 537 g/mol. The second-order valence-electron chi connectivity index (χ2n) is 10.2. The fraction of sp³-hybridized carbons (Fsp3) is 0.692. The Labute approximate surface area is 229 Å². The maximum absolute atomic E-state index is 13.5. The number of amides is 1. The molecule has 39 heavy (non-hydrogen) atoms. The third kappa shape index (κ3) is 11.4. The highest BCUT2D eigenvalue weighted by atomic mass is 32.2. The number of benzene rings is 1. The molecule has 0 radical (unpaired) electrons. The lowest BCUT2D eigenvalue weighted by Gasteiger charge is -2.29. The van der Waals surface area contributed by atoms with Crippen LogP contribution in [0.25, 0.3) is 0 Å². The SMILES string of the molecule is CC(C)Cc1ccc(S(=O)(=O)N(CCCN2CCCC2)CCC(=O)N2CCNCC2)cc1.O=C(O)C(F)(F)F. The van der Waals surface area contributed by atoms with E-state index in [1.807, 2.05) is 17.0 Å². The monoisotopic (exact) mass is 578 g/mol. The first kappa shape index (κ1) is 33.0. The van der Waals surface area contributed by atoms with Crippen molar-refractivity contribution in [3.05, 3.63) is 29.8 Å². The molecule has 0 aromatic heterocycles. The van der Waals surface area contributed by atoms with E-state index in [4.69, 9.17) is 9.90 Å². The zero-order valence-corrected chi connectivity index (χ0v) is 23.6. The Balaban J connectivity index is 0.000000673. The minimum absolute atomic E-state index is 0.0403. The number of sulfonamides is 1. The topological polar surface area (TPSA) is 110 Å². The van der Waals surface area contributed by atoms with Crippen molar-refractivity contribution in [1.29, 1.82) is 0 Å². The fourth-order valence-electron chi connectivity index (χ4n) is 4.54. The molecule has 0 bridgehead atoms. The number of hydrogen-bond donors (Lipinski definition) is 2. The van der Waals surface area contributed by atoms with Gasteiger partial charge in [-0.15, -0.1) is 0 Å². The molecule has 2 aliphatic rings. The van der Waals surface area contributed by atoms with Crippen molar-refractivity contribution in [3.8, 4) is 0 Å². The van der Waals surface area contributed by atoms with Crippen molar-refractivity contribution < 1.29 is 36.3 Å². The van der Waals surface area contributed by atoms with Crippen LogP contribution in [-0.4, -0.2) is 105 Å². The maximum atomic E-state index is 13.5. The number of nitrogens with zero attached hydrogens (tertiary/aromatic N) is 3. The van der Waals surface area contributed by atoms with E-state index in [0.29, 0.717) is 30.4 Å². The van der Waals surface area contributed by atoms with Crippen LogP contribution >= 0.6 is 0 Å². The van der Waals surface area contributed by atoms with E-state index in [0.717, 1.165) is 51.1 Å². The third-order valence-corrected chi connectivity index (χ3v) is 8.49. The van der Waals surface area contributed by atoms with Gasteiger partial charge in [-0.1, -0.05) is 26.0 Å². The van der Waals surface area contributed by atoms with Gasteiger partial charge in [-0.25, -0.2) is 13.2 Å². The van der Waals surface area contributed by atoms with Gasteiger partial charge in [-0.3, -0.25) is 4.79 Å². The Morgan fingerprint density at radius 3 is 2.10 bits per heavy atom. The Bertz CT molecular complexity index is 1010. The summed E-state index contributed by atoms with van der Waals surface area (Å²) in [5.74, 6) is -2.19. The van der Waals surface area contributed by atoms with Crippen molar-refractivity contribution in [2.24, 2.45) is 5.92 Å². The van der Waals surface area contributed by atoms with E-state index < -0.39 is 22.2 Å². The maximum Gasteiger partial charge on any atom is 0.490 e. The number of carbonyl (C=O) groups excluding carboxylic acids is 1. The molecule has 2 saturated heterocycles. The van der Waals surface area contributed by atoms with Gasteiger partial charge >= 0.3 is 12.1 Å². The second-order valence-corrected chi connectivity index (χ2v) is 12.2. The van der Waals surface area contributed by atoms with Crippen molar-refractivity contribution in [1.82, 2.24) is 19.4 Å². The van der Waals surface area contributed by atoms with Crippen LogP contribution in [0.2, 0.25) is 0 Å². The van der Waals surface area contributed by atoms with Gasteiger partial charge in [0.25, 0.3) is 0 Å². The first-order valence-corrected chi connectivity index (χ1v) is 14.8. The highest BCUT2D eigenvalue weighted by molar-refractivity contribution is 7.89. The van der Waals surface area contributed by atoms with E-state index in [-0.39, 0.29) is 18.9 Å². The van der Waals surface area contributed by atoms with Crippen LogP contribution in [0.1, 0.15) is 45.1 Å². The number of carboxylic acids is 1. The van der Waals surface area contributed by atoms with Crippen LogP contribution in [0.5, 0.6) is 0 Å². The van der Waals surface area contributed by atoms with Gasteiger partial charge < -0.3 is 20.2 Å². The number of hydrogen-bond acceptors (Lipinski definition) is 6. The Morgan fingerprint density at radius 1 is 1.03 bits per heavy atom. The van der Waals surface area contributed by atoms with Crippen molar-refractivity contribution >= 4 is 21.9 Å². The lowest BCUT2D eigenvalue weighted by molar-refractivity contribution is -0.192. The van der Waals surface area contributed by atoms with Crippen LogP contribution < -0.4 is 5.32 Å². The van der Waals surface area contributed by atoms with Crippen molar-refractivity contribution in [2.75, 3.05) is 58.9 Å². The Morgan fingerprint density at radius 2 is 1.59 bits per heavy atom. The molecule has 13 heteroatoms. The van der Waals surface area contributed by atoms with E-state index in [9.17, 15) is 26.4 Å². The number of likely N-dealkylation sites (tertiary alicyclic amines) is 1. The highest BCUT2D eigenvalue weighted by Gasteiger charge is 2.38. The lowest BCUT2D eigenvalue weighted by Crippen LogP contribution is -2.47. The number of halogens is 3. The minimum Gasteiger partial charge on any atom is -0.475 e. The molecule has 3 rings (SSSR count). The smallest absolute Gasteiger partial charge is 0.475 e. The molecule has 1 amide bonds. The van der Waals surface area contributed by atoms with Crippen LogP contribution in [-0.2, 0) is 26.0 Å². The molecule has 0 atom stereocenters. The van der Waals surface area contributed by atoms with Gasteiger partial charge in [0.15, 0.2) is 0 Å². The van der Waals surface area contributed by atoms with Crippen molar-refractivity contribution in [2.45, 2.75) is 57.0 Å². The molecule has 9 nitrogen and oxygen atoms in total. The molecular formula is C26H41F3N4O5S. The summed E-state index contributed by atoms with van der Waals surface area (Å²) in [7, 11) is -3.64. The zero-order chi connectivity index (χ0) is 29.1. The third-order valence-electron chi connectivity index (χ3n) is 6.57. The van der Waals surface area contributed by atoms with Crippen LogP contribution in [0.15, 0.2) is 29.2 Å². The average molecular weight is 579 g/mol. The molecule has 0 aliphatic carbocycles. The number of piperazine rings is 1. The van der Waals surface area contributed by atoms with Crippen molar-refractivity contribution in [3.63, 3.8) is 0 Å². The predicted molar refractivity (Wildman–Crippen MR) is 142 cm³/mol. The normalized spacial score (nSPS) is 16.8. The van der Waals surface area contributed by atoms with Gasteiger partial charge in [0.05, 0.1) is 4.90 Å². The minimum atomic E-state index is -5.08. The summed E-state index contributed by atoms with van der Waals surface area (Å²) in [5.41, 5.74) is 1.15. The Kier molecular flexibility index (Phi) is 13.1. The predicted octanol–water partition coefficient (Wildman–Crippen LogP) is 2.82. The molecule has 0 spiro atoms. The van der Waals surface area contributed by atoms with Gasteiger partial charge in [0.1, 0.15) is 0 Å². The summed E-state index contributed by atoms with van der Waals surface area (Å²) in [4.78, 5) is 26.1. The summed E-state index contributed by atoms with van der Waals surface area (Å²) >= 11 is 0. The molecule has 2 N–H and O–H groups in total. The van der Waals surface area contributed by atoms with Gasteiger partial charge in [0.2, 0.25) is 15.9 Å². The number of carboxylic acid groups (broad SMARTS) is 1. The van der Waals surface area contributed by atoms with E-state index in [2.05, 4.69) is 24.1 Å². The molecule has 2 aliphatic heterocycles. The first-order chi connectivity index (χ1) is 18.3. The molecule has 2 fully saturated rings. The van der Waals surface area contributed by atoms with Crippen LogP contribution in [0.4, 0.5) is 13.2 Å². The van der Waals surface area contributed by atoms with Gasteiger partial charge in [-0.05, 0) is 68.9 Å². The average Bonchev–Trinajstić information content (AvgIpc) is 3.39. The standard InChI is InChI=1S/C24H40N4O3S.C2HF3O2/c1-21(2)20-22-6-8-23(9-7-22)32(30,31)28(16-5-15-26-13-3-4-14-26)17-10-24(29)27-18-11-25-12-19-27;3-2(4,5)1(6)7/h6-9,21,25H,3-5,10-20H2,1-2H3;(H,6,7). The van der Waals surface area contributed by atoms with Crippen LogP contribution in [0.3, 0.4) is 0 Å². The summed E-state index contributed by atoms with van der Waals surface area (Å²) < 4.78 is 60.2. The van der Waals surface area contributed by atoms with Crippen LogP contribution in [0, 0.1) is 5.92 Å².